The molecule has 2 amide bonds. The zero-order chi connectivity index (χ0) is 28.8. The molecule has 1 aliphatic heterocycles. The van der Waals surface area contributed by atoms with E-state index in [0.717, 1.165) is 22.9 Å². The maximum atomic E-state index is 13.5. The van der Waals surface area contributed by atoms with Gasteiger partial charge in [-0.15, -0.1) is 0 Å². The first-order valence-corrected chi connectivity index (χ1v) is 14.5. The number of carbonyl (C=O) groups is 3. The van der Waals surface area contributed by atoms with E-state index in [9.17, 15) is 22.8 Å². The van der Waals surface area contributed by atoms with Crippen molar-refractivity contribution in [2.75, 3.05) is 19.5 Å². The molecule has 0 radical (unpaired) electrons. The number of ketones is 1. The topological polar surface area (TPSA) is 151 Å². The van der Waals surface area contributed by atoms with Gasteiger partial charge in [-0.05, 0) is 56.0 Å². The van der Waals surface area contributed by atoms with Gasteiger partial charge in [0.05, 0.1) is 6.26 Å². The van der Waals surface area contributed by atoms with Crippen molar-refractivity contribution >= 4 is 27.9 Å². The summed E-state index contributed by atoms with van der Waals surface area (Å²) in [5, 5.41) is 2.75. The van der Waals surface area contributed by atoms with Crippen LogP contribution in [-0.4, -0.2) is 56.8 Å². The van der Waals surface area contributed by atoms with Gasteiger partial charge in [-0.1, -0.05) is 36.4 Å². The Morgan fingerprint density at radius 1 is 1.05 bits per heavy atom. The van der Waals surface area contributed by atoms with Crippen LogP contribution in [0.25, 0.3) is 11.1 Å². The zero-order valence-corrected chi connectivity index (χ0v) is 23.5. The summed E-state index contributed by atoms with van der Waals surface area (Å²) in [6.45, 7) is 5.79. The van der Waals surface area contributed by atoms with Gasteiger partial charge < -0.3 is 24.7 Å². The van der Waals surface area contributed by atoms with Crippen LogP contribution in [0.15, 0.2) is 48.5 Å². The minimum absolute atomic E-state index is 0.141. The number of benzene rings is 2. The van der Waals surface area contributed by atoms with Crippen molar-refractivity contribution in [3.63, 3.8) is 0 Å². The van der Waals surface area contributed by atoms with Crippen molar-refractivity contribution in [3.05, 3.63) is 54.1 Å². The fraction of sp³-hybridized carbons (Fsp3) is 0.464. The number of hydrogen-bond donors (Lipinski definition) is 2. The molecule has 0 saturated carbocycles. The Balaban J connectivity index is 1.73. The second-order valence-corrected chi connectivity index (χ2v) is 12.3. The predicted octanol–water partition coefficient (Wildman–Crippen LogP) is 3.37. The second-order valence-electron chi connectivity index (χ2n) is 10.8. The third kappa shape index (κ3) is 9.07. The molecule has 0 aliphatic carbocycles. The van der Waals surface area contributed by atoms with Crippen molar-refractivity contribution < 1.29 is 36.5 Å². The first-order valence-electron chi connectivity index (χ1n) is 12.7. The van der Waals surface area contributed by atoms with Gasteiger partial charge in [-0.2, -0.15) is 8.42 Å². The minimum Gasteiger partial charge on any atom is -0.444 e. The Bertz CT molecular complexity index is 1290. The number of nitrogens with two attached hydrogens (primary N) is 1. The molecule has 3 N–H and O–H groups in total. The molecule has 11 heteroatoms. The highest BCUT2D eigenvalue weighted by molar-refractivity contribution is 7.86. The van der Waals surface area contributed by atoms with Crippen LogP contribution in [0.5, 0.6) is 5.75 Å². The predicted molar refractivity (Wildman–Crippen MR) is 146 cm³/mol. The van der Waals surface area contributed by atoms with Crippen molar-refractivity contribution in [2.45, 2.75) is 57.6 Å². The number of ether oxygens (including phenoxy) is 2. The molecule has 39 heavy (non-hydrogen) atoms. The van der Waals surface area contributed by atoms with Crippen molar-refractivity contribution in [1.82, 2.24) is 5.32 Å². The Hall–Kier alpha value is -3.44. The smallest absolute Gasteiger partial charge is 0.408 e. The molecular formula is C28H36N2O8S. The van der Waals surface area contributed by atoms with E-state index in [1.165, 1.54) is 0 Å². The molecule has 2 aromatic carbocycles. The SMILES string of the molecule is CC(C)(C)OC(=O)NC1(C(=O)C[C@@H](Cc2ccc(-c3cccc(OS(C)(=O)=O)c3)cc2)C(N)=O)CCOCC1. The van der Waals surface area contributed by atoms with Gasteiger partial charge in [0.25, 0.3) is 0 Å². The van der Waals surface area contributed by atoms with Crippen LogP contribution >= 0.6 is 0 Å². The first-order chi connectivity index (χ1) is 18.2. The van der Waals surface area contributed by atoms with E-state index in [2.05, 4.69) is 5.32 Å². The molecule has 1 heterocycles. The molecule has 1 saturated heterocycles. The van der Waals surface area contributed by atoms with Crippen LogP contribution in [0, 0.1) is 5.92 Å². The van der Waals surface area contributed by atoms with Crippen molar-refractivity contribution in [3.8, 4) is 16.9 Å². The molecule has 10 nitrogen and oxygen atoms in total. The van der Waals surface area contributed by atoms with E-state index in [4.69, 9.17) is 19.4 Å². The van der Waals surface area contributed by atoms with Crippen molar-refractivity contribution in [1.29, 1.82) is 0 Å². The summed E-state index contributed by atoms with van der Waals surface area (Å²) in [5.41, 5.74) is 6.11. The quantitative estimate of drug-likeness (QED) is 0.420. The third-order valence-electron chi connectivity index (χ3n) is 6.31. The summed E-state index contributed by atoms with van der Waals surface area (Å²) in [6.07, 6.45) is 0.914. The molecule has 2 aromatic rings. The molecule has 1 aliphatic rings. The summed E-state index contributed by atoms with van der Waals surface area (Å²) < 4.78 is 38.6. The Morgan fingerprint density at radius 2 is 1.69 bits per heavy atom. The minimum atomic E-state index is -3.65. The maximum absolute atomic E-state index is 13.5. The van der Waals surface area contributed by atoms with Crippen LogP contribution in [0.2, 0.25) is 0 Å². The molecule has 1 fully saturated rings. The number of alkyl carbamates (subject to hydrolysis) is 1. The molecule has 3 rings (SSSR count). The Kier molecular flexibility index (Phi) is 9.39. The number of rotatable bonds is 10. The van der Waals surface area contributed by atoms with E-state index in [1.54, 1.807) is 39.0 Å². The summed E-state index contributed by atoms with van der Waals surface area (Å²) >= 11 is 0. The lowest BCUT2D eigenvalue weighted by atomic mass is 9.80. The molecule has 0 aromatic heterocycles. The average molecular weight is 561 g/mol. The standard InChI is InChI=1S/C28H36N2O8S/c1-27(2,3)37-26(33)30-28(12-14-36-15-13-28)24(31)18-22(25(29)32)16-19-8-10-20(11-9-19)21-6-5-7-23(17-21)38-39(4,34)35/h5-11,17,22H,12-16,18H2,1-4H3,(H2,29,32)(H,30,33)/t22-/m1/s1. The van der Waals surface area contributed by atoms with Gasteiger partial charge >= 0.3 is 16.2 Å². The fourth-order valence-electron chi connectivity index (χ4n) is 4.40. The maximum Gasteiger partial charge on any atom is 0.408 e. The van der Waals surface area contributed by atoms with E-state index in [1.807, 2.05) is 30.3 Å². The molecule has 0 unspecified atom stereocenters. The number of nitrogens with one attached hydrogen (secondary N) is 1. The molecular weight excluding hydrogens is 524 g/mol. The number of hydrogen-bond acceptors (Lipinski definition) is 8. The Morgan fingerprint density at radius 3 is 2.26 bits per heavy atom. The number of carbonyl (C=O) groups excluding carboxylic acids is 3. The summed E-state index contributed by atoms with van der Waals surface area (Å²) in [6, 6.07) is 14.0. The van der Waals surface area contributed by atoms with Gasteiger partial charge in [-0.25, -0.2) is 4.79 Å². The molecule has 0 bridgehead atoms. The molecule has 212 valence electrons. The zero-order valence-electron chi connectivity index (χ0n) is 22.7. The lowest BCUT2D eigenvalue weighted by Gasteiger charge is -2.37. The van der Waals surface area contributed by atoms with Crippen molar-refractivity contribution in [2.24, 2.45) is 11.7 Å². The van der Waals surface area contributed by atoms with Crippen LogP contribution in [-0.2, 0) is 35.6 Å². The lowest BCUT2D eigenvalue weighted by Crippen LogP contribution is -2.58. The third-order valence-corrected chi connectivity index (χ3v) is 6.80. The number of primary amides is 1. The molecule has 1 atom stereocenters. The summed E-state index contributed by atoms with van der Waals surface area (Å²) in [5.74, 6) is -1.49. The highest BCUT2D eigenvalue weighted by atomic mass is 32.2. The molecule has 0 spiro atoms. The van der Waals surface area contributed by atoms with Gasteiger partial charge in [-0.3, -0.25) is 9.59 Å². The van der Waals surface area contributed by atoms with Gasteiger partial charge in [0.15, 0.2) is 5.78 Å². The first kappa shape index (κ1) is 30.1. The number of amides is 2. The normalized spacial score (nSPS) is 16.1. The van der Waals surface area contributed by atoms with Crippen LogP contribution in [0.4, 0.5) is 4.79 Å². The van der Waals surface area contributed by atoms with E-state index >= 15 is 0 Å². The fourth-order valence-corrected chi connectivity index (χ4v) is 4.86. The van der Waals surface area contributed by atoms with Gasteiger partial charge in [0.1, 0.15) is 16.9 Å². The van der Waals surface area contributed by atoms with E-state index in [-0.39, 0.29) is 37.2 Å². The second kappa shape index (κ2) is 12.2. The largest absolute Gasteiger partial charge is 0.444 e. The van der Waals surface area contributed by atoms with Gasteiger partial charge in [0, 0.05) is 38.4 Å². The average Bonchev–Trinajstić information content (AvgIpc) is 2.82. The summed E-state index contributed by atoms with van der Waals surface area (Å²) in [7, 11) is -3.65. The van der Waals surface area contributed by atoms with Crippen LogP contribution < -0.4 is 15.2 Å². The monoisotopic (exact) mass is 560 g/mol. The van der Waals surface area contributed by atoms with Crippen LogP contribution in [0.1, 0.15) is 45.6 Å². The number of Topliss-reactive ketones (excluding diaryl/α,β-unsaturated/α-hetero) is 1. The Labute approximate surface area is 229 Å². The van der Waals surface area contributed by atoms with Gasteiger partial charge in [0.2, 0.25) is 5.91 Å². The lowest BCUT2D eigenvalue weighted by molar-refractivity contribution is -0.133. The van der Waals surface area contributed by atoms with Crippen LogP contribution in [0.3, 0.4) is 0 Å². The van der Waals surface area contributed by atoms with E-state index in [0.29, 0.717) is 13.2 Å². The highest BCUT2D eigenvalue weighted by Crippen LogP contribution is 2.28. The van der Waals surface area contributed by atoms with E-state index < -0.39 is 39.2 Å². The highest BCUT2D eigenvalue weighted by Gasteiger charge is 2.43. The summed E-state index contributed by atoms with van der Waals surface area (Å²) in [4.78, 5) is 38.4.